The molecule has 4 N–H and O–H groups in total. The highest BCUT2D eigenvalue weighted by atomic mass is 19.2. The highest BCUT2D eigenvalue weighted by Gasteiger charge is 2.31. The van der Waals surface area contributed by atoms with Gasteiger partial charge in [-0.05, 0) is 66.8 Å². The number of aromatic nitrogens is 1. The van der Waals surface area contributed by atoms with Crippen LogP contribution in [0.3, 0.4) is 0 Å². The van der Waals surface area contributed by atoms with Gasteiger partial charge in [0.2, 0.25) is 0 Å². The smallest absolute Gasteiger partial charge is 0.305 e. The van der Waals surface area contributed by atoms with Crippen LogP contribution in [0, 0.1) is 17.5 Å². The summed E-state index contributed by atoms with van der Waals surface area (Å²) in [5.74, 6) is -4.06. The molecule has 9 nitrogen and oxygen atoms in total. The number of aliphatic hydroxyl groups excluding tert-OH is 2. The quantitative estimate of drug-likeness (QED) is 0.120. The normalized spacial score (nSPS) is 12.6. The van der Waals surface area contributed by atoms with Crippen molar-refractivity contribution in [3.05, 3.63) is 89.4 Å². The predicted octanol–water partition coefficient (Wildman–Crippen LogP) is 6.61. The van der Waals surface area contributed by atoms with E-state index in [9.17, 15) is 33.0 Å². The molecule has 12 heteroatoms. The van der Waals surface area contributed by atoms with E-state index in [1.165, 1.54) is 44.6 Å². The molecule has 0 saturated carbocycles. The maximum atomic E-state index is 14.7. The summed E-state index contributed by atoms with van der Waals surface area (Å²) in [7, 11) is 2.92. The molecule has 0 unspecified atom stereocenters. The number of carboxylic acid groups (broad SMARTS) is 1. The number of nitrogens with one attached hydrogen (secondary N) is 1. The van der Waals surface area contributed by atoms with Gasteiger partial charge in [0.05, 0.1) is 49.8 Å². The predicted molar refractivity (Wildman–Crippen MR) is 170 cm³/mol. The van der Waals surface area contributed by atoms with Crippen LogP contribution in [0.25, 0.3) is 22.4 Å². The first kappa shape index (κ1) is 35.1. The molecule has 0 spiro atoms. The minimum absolute atomic E-state index is 0.0119. The molecule has 250 valence electrons. The number of carboxylic acids is 1. The molecule has 1 aromatic heterocycles. The molecule has 4 rings (SSSR count). The average molecular weight is 655 g/mol. The largest absolute Gasteiger partial charge is 0.497 e. The molecule has 0 aliphatic rings. The number of carbonyl (C=O) groups excluding carboxylic acids is 1. The van der Waals surface area contributed by atoms with Crippen molar-refractivity contribution in [3.63, 3.8) is 0 Å². The van der Waals surface area contributed by atoms with Crippen LogP contribution in [0.15, 0.2) is 60.7 Å². The number of amides is 1. The van der Waals surface area contributed by atoms with E-state index < -0.39 is 48.0 Å². The molecule has 0 bridgehead atoms. The summed E-state index contributed by atoms with van der Waals surface area (Å²) in [6.45, 7) is 3.72. The minimum atomic E-state index is -1.29. The third-order valence-electron chi connectivity index (χ3n) is 7.70. The summed E-state index contributed by atoms with van der Waals surface area (Å²) in [6, 6.07) is 13.6. The molecular weight excluding hydrogens is 617 g/mol. The minimum Gasteiger partial charge on any atom is -0.497 e. The van der Waals surface area contributed by atoms with Crippen molar-refractivity contribution >= 4 is 17.6 Å². The topological polar surface area (TPSA) is 130 Å². The first-order chi connectivity index (χ1) is 22.3. The molecule has 3 aromatic carbocycles. The van der Waals surface area contributed by atoms with Crippen LogP contribution in [0.5, 0.6) is 11.5 Å². The fraction of sp³-hybridized carbons (Fsp3) is 0.314. The second-order valence-corrected chi connectivity index (χ2v) is 11.4. The van der Waals surface area contributed by atoms with Crippen molar-refractivity contribution in [2.45, 2.75) is 57.8 Å². The van der Waals surface area contributed by atoms with Crippen LogP contribution in [0.1, 0.15) is 55.1 Å². The molecule has 0 saturated heterocycles. The van der Waals surface area contributed by atoms with Gasteiger partial charge in [-0.3, -0.25) is 9.59 Å². The van der Waals surface area contributed by atoms with Gasteiger partial charge in [-0.25, -0.2) is 13.2 Å². The molecule has 0 radical (unpaired) electrons. The molecule has 4 aromatic rings. The standard InChI is InChI=1S/C35H37F3N2O7/c1-19(2)33-32(35(45)39-28-12-10-25(46-3)18-29(28)47-4)31(20-5-8-22(36)9-6-20)34(21-7-11-26(37)27(38)15-21)40(33)14-13-23(41)16-24(42)17-30(43)44/h5-12,15,18-19,23-24,41-42H,13-14,16-17H2,1-4H3,(H,39,45)(H,43,44)/t23-,24-/m1/s1. The molecule has 0 aliphatic carbocycles. The highest BCUT2D eigenvalue weighted by molar-refractivity contribution is 6.13. The molecule has 2 atom stereocenters. The number of halogens is 3. The Morgan fingerprint density at radius 1 is 0.872 bits per heavy atom. The van der Waals surface area contributed by atoms with E-state index in [1.807, 2.05) is 13.8 Å². The fourth-order valence-electron chi connectivity index (χ4n) is 5.62. The maximum absolute atomic E-state index is 14.7. The maximum Gasteiger partial charge on any atom is 0.305 e. The van der Waals surface area contributed by atoms with Crippen molar-refractivity contribution in [2.24, 2.45) is 0 Å². The number of nitrogens with zero attached hydrogens (tertiary/aromatic N) is 1. The lowest BCUT2D eigenvalue weighted by atomic mass is 9.94. The first-order valence-corrected chi connectivity index (χ1v) is 14.9. The molecule has 1 heterocycles. The van der Waals surface area contributed by atoms with Crippen LogP contribution < -0.4 is 14.8 Å². The van der Waals surface area contributed by atoms with Crippen molar-refractivity contribution in [1.29, 1.82) is 0 Å². The van der Waals surface area contributed by atoms with Gasteiger partial charge in [0.1, 0.15) is 17.3 Å². The van der Waals surface area contributed by atoms with Gasteiger partial charge in [-0.15, -0.1) is 0 Å². The number of hydrogen-bond donors (Lipinski definition) is 4. The number of rotatable bonds is 14. The SMILES string of the molecule is COc1ccc(NC(=O)c2c(-c3ccc(F)cc3)c(-c3ccc(F)c(F)c3)n(CC[C@@H](O)C[C@@H](O)CC(=O)O)c2C(C)C)c(OC)c1. The van der Waals surface area contributed by atoms with Crippen LogP contribution >= 0.6 is 0 Å². The van der Waals surface area contributed by atoms with Crippen LogP contribution in [-0.4, -0.2) is 58.2 Å². The first-order valence-electron chi connectivity index (χ1n) is 14.9. The lowest BCUT2D eigenvalue weighted by molar-refractivity contribution is -0.139. The molecule has 0 fully saturated rings. The monoisotopic (exact) mass is 654 g/mol. The van der Waals surface area contributed by atoms with Crippen molar-refractivity contribution < 1.29 is 47.6 Å². The van der Waals surface area contributed by atoms with Crippen LogP contribution in [-0.2, 0) is 11.3 Å². The van der Waals surface area contributed by atoms with Crippen LogP contribution in [0.2, 0.25) is 0 Å². The Kier molecular flexibility index (Phi) is 11.3. The summed E-state index contributed by atoms with van der Waals surface area (Å²) >= 11 is 0. The van der Waals surface area contributed by atoms with Crippen molar-refractivity contribution in [2.75, 3.05) is 19.5 Å². The molecule has 47 heavy (non-hydrogen) atoms. The number of benzene rings is 3. The van der Waals surface area contributed by atoms with E-state index in [0.29, 0.717) is 39.7 Å². The summed E-state index contributed by atoms with van der Waals surface area (Å²) in [4.78, 5) is 25.4. The van der Waals surface area contributed by atoms with E-state index in [4.69, 9.17) is 14.6 Å². The average Bonchev–Trinajstić information content (AvgIpc) is 3.37. The summed E-state index contributed by atoms with van der Waals surface area (Å²) in [5, 5.41) is 32.8. The Morgan fingerprint density at radius 2 is 1.55 bits per heavy atom. The lowest BCUT2D eigenvalue weighted by Gasteiger charge is -2.20. The fourth-order valence-corrected chi connectivity index (χ4v) is 5.62. The summed E-state index contributed by atoms with van der Waals surface area (Å²) in [5.41, 5.74) is 2.22. The molecule has 0 aliphatic heterocycles. The Morgan fingerprint density at radius 3 is 2.15 bits per heavy atom. The van der Waals surface area contributed by atoms with Gasteiger partial charge in [0.25, 0.3) is 5.91 Å². The highest BCUT2D eigenvalue weighted by Crippen LogP contribution is 2.43. The van der Waals surface area contributed by atoms with Crippen molar-refractivity contribution in [1.82, 2.24) is 4.57 Å². The molecular formula is C35H37F3N2O7. The zero-order valence-electron chi connectivity index (χ0n) is 26.4. The van der Waals surface area contributed by atoms with Crippen molar-refractivity contribution in [3.8, 4) is 33.9 Å². The number of aliphatic carboxylic acids is 1. The van der Waals surface area contributed by atoms with Crippen LogP contribution in [0.4, 0.5) is 18.9 Å². The van der Waals surface area contributed by atoms with E-state index in [1.54, 1.807) is 22.8 Å². The summed E-state index contributed by atoms with van der Waals surface area (Å²) in [6.07, 6.45) is -3.19. The lowest BCUT2D eigenvalue weighted by Crippen LogP contribution is -2.22. The van der Waals surface area contributed by atoms with E-state index >= 15 is 0 Å². The van der Waals surface area contributed by atoms with E-state index in [-0.39, 0.29) is 36.4 Å². The van der Waals surface area contributed by atoms with E-state index in [2.05, 4.69) is 5.32 Å². The van der Waals surface area contributed by atoms with Gasteiger partial charge in [0.15, 0.2) is 11.6 Å². The Bertz CT molecular complexity index is 1740. The van der Waals surface area contributed by atoms with Gasteiger partial charge in [-0.1, -0.05) is 26.0 Å². The number of carbonyl (C=O) groups is 2. The van der Waals surface area contributed by atoms with Gasteiger partial charge < -0.3 is 34.7 Å². The Labute approximate surface area is 270 Å². The third-order valence-corrected chi connectivity index (χ3v) is 7.70. The number of aliphatic hydroxyl groups is 2. The van der Waals surface area contributed by atoms with Gasteiger partial charge >= 0.3 is 5.97 Å². The van der Waals surface area contributed by atoms with Gasteiger partial charge in [0, 0.05) is 29.4 Å². The third kappa shape index (κ3) is 8.13. The summed E-state index contributed by atoms with van der Waals surface area (Å²) < 4.78 is 55.5. The van der Waals surface area contributed by atoms with E-state index in [0.717, 1.165) is 12.1 Å². The Hall–Kier alpha value is -4.81. The number of methoxy groups -OCH3 is 2. The van der Waals surface area contributed by atoms with Gasteiger partial charge in [-0.2, -0.15) is 0 Å². The number of anilines is 1. The zero-order chi connectivity index (χ0) is 34.4. The second kappa shape index (κ2) is 15.2. The molecule has 1 amide bonds. The zero-order valence-corrected chi connectivity index (χ0v) is 26.4. The number of ether oxygens (including phenoxy) is 2. The number of hydrogen-bond acceptors (Lipinski definition) is 6. The second-order valence-electron chi connectivity index (χ2n) is 11.4. The Balaban J connectivity index is 1.96.